The zero-order chi connectivity index (χ0) is 19.4. The molecule has 0 N–H and O–H groups in total. The van der Waals surface area contributed by atoms with Gasteiger partial charge in [-0.15, -0.1) is 0 Å². The van der Waals surface area contributed by atoms with Crippen molar-refractivity contribution in [2.45, 2.75) is 20.8 Å². The van der Waals surface area contributed by atoms with Crippen LogP contribution in [-0.2, 0) is 0 Å². The van der Waals surface area contributed by atoms with Crippen LogP contribution in [0, 0.1) is 25.2 Å². The molecule has 6 nitrogen and oxygen atoms in total. The number of piperazine rings is 1. The Bertz CT molecular complexity index is 880. The van der Waals surface area contributed by atoms with Crippen molar-refractivity contribution in [1.82, 2.24) is 9.88 Å². The molecule has 1 saturated heterocycles. The molecule has 140 valence electrons. The fourth-order valence-corrected chi connectivity index (χ4v) is 3.44. The predicted octanol–water partition coefficient (Wildman–Crippen LogP) is 2.93. The van der Waals surface area contributed by atoms with Gasteiger partial charge in [0.2, 0.25) is 0 Å². The lowest BCUT2D eigenvalue weighted by Gasteiger charge is -2.37. The van der Waals surface area contributed by atoms with E-state index in [1.54, 1.807) is 0 Å². The Labute approximate surface area is 160 Å². The van der Waals surface area contributed by atoms with Crippen LogP contribution >= 0.6 is 0 Å². The molecule has 1 aromatic heterocycles. The van der Waals surface area contributed by atoms with E-state index in [9.17, 15) is 10.1 Å². The molecule has 1 fully saturated rings. The second-order valence-electron chi connectivity index (χ2n) is 6.56. The van der Waals surface area contributed by atoms with Crippen molar-refractivity contribution in [2.24, 2.45) is 0 Å². The van der Waals surface area contributed by atoms with Gasteiger partial charge in [-0.1, -0.05) is 12.1 Å². The Morgan fingerprint density at radius 3 is 2.59 bits per heavy atom. The number of pyridine rings is 1. The highest BCUT2D eigenvalue weighted by Gasteiger charge is 2.26. The number of para-hydroxylation sites is 1. The largest absolute Gasteiger partial charge is 0.493 e. The Kier molecular flexibility index (Phi) is 5.60. The van der Waals surface area contributed by atoms with Crippen LogP contribution in [0.3, 0.4) is 0 Å². The maximum atomic E-state index is 12.9. The van der Waals surface area contributed by atoms with Crippen LogP contribution in [-0.4, -0.2) is 48.6 Å². The lowest BCUT2D eigenvalue weighted by atomic mass is 10.1. The molecule has 0 atom stereocenters. The number of nitrogens with zero attached hydrogens (tertiary/aromatic N) is 4. The third-order valence-electron chi connectivity index (χ3n) is 4.74. The van der Waals surface area contributed by atoms with E-state index in [2.05, 4.69) is 16.0 Å². The first kappa shape index (κ1) is 18.7. The van der Waals surface area contributed by atoms with Gasteiger partial charge < -0.3 is 14.5 Å². The summed E-state index contributed by atoms with van der Waals surface area (Å²) in [5, 5.41) is 9.50. The summed E-state index contributed by atoms with van der Waals surface area (Å²) in [6, 6.07) is 11.6. The smallest absolute Gasteiger partial charge is 0.257 e. The van der Waals surface area contributed by atoms with Gasteiger partial charge in [-0.05, 0) is 39.0 Å². The molecule has 2 aromatic rings. The van der Waals surface area contributed by atoms with E-state index in [0.29, 0.717) is 49.7 Å². The first-order chi connectivity index (χ1) is 13.0. The number of hydrogen-bond donors (Lipinski definition) is 0. The Morgan fingerprint density at radius 1 is 1.22 bits per heavy atom. The number of aromatic nitrogens is 1. The lowest BCUT2D eigenvalue weighted by Crippen LogP contribution is -2.49. The molecular weight excluding hydrogens is 340 g/mol. The van der Waals surface area contributed by atoms with Crippen LogP contribution in [0.15, 0.2) is 30.3 Å². The normalized spacial score (nSPS) is 14.0. The van der Waals surface area contributed by atoms with Gasteiger partial charge in [-0.3, -0.25) is 9.78 Å². The minimum atomic E-state index is -0.0127. The second-order valence-corrected chi connectivity index (χ2v) is 6.56. The number of amides is 1. The van der Waals surface area contributed by atoms with Crippen molar-refractivity contribution in [2.75, 3.05) is 37.7 Å². The molecule has 1 aliphatic heterocycles. The number of anilines is 1. The van der Waals surface area contributed by atoms with E-state index < -0.39 is 0 Å². The molecule has 0 spiro atoms. The Hall–Kier alpha value is -3.07. The number of hydrogen-bond acceptors (Lipinski definition) is 5. The van der Waals surface area contributed by atoms with E-state index in [0.717, 1.165) is 17.1 Å². The lowest BCUT2D eigenvalue weighted by molar-refractivity contribution is 0.0742. The molecule has 2 heterocycles. The summed E-state index contributed by atoms with van der Waals surface area (Å²) >= 11 is 0. The summed E-state index contributed by atoms with van der Waals surface area (Å²) in [7, 11) is 0. The van der Waals surface area contributed by atoms with Gasteiger partial charge >= 0.3 is 0 Å². The van der Waals surface area contributed by atoms with Gasteiger partial charge in [0.1, 0.15) is 11.8 Å². The van der Waals surface area contributed by atoms with E-state index in [1.165, 1.54) is 0 Å². The number of carbonyl (C=O) groups excluding carboxylic acids is 1. The molecule has 27 heavy (non-hydrogen) atoms. The summed E-state index contributed by atoms with van der Waals surface area (Å²) in [6.45, 7) is 8.79. The second kappa shape index (κ2) is 8.09. The van der Waals surface area contributed by atoms with E-state index in [-0.39, 0.29) is 5.91 Å². The number of ether oxygens (including phenoxy) is 1. The van der Waals surface area contributed by atoms with Crippen LogP contribution in [0.1, 0.15) is 34.2 Å². The molecule has 0 bridgehead atoms. The molecule has 6 heteroatoms. The number of benzene rings is 1. The Balaban J connectivity index is 1.75. The van der Waals surface area contributed by atoms with Gasteiger partial charge in [-0.2, -0.15) is 5.26 Å². The first-order valence-electron chi connectivity index (χ1n) is 9.19. The molecule has 1 aromatic carbocycles. The van der Waals surface area contributed by atoms with Crippen molar-refractivity contribution < 1.29 is 9.53 Å². The van der Waals surface area contributed by atoms with Crippen LogP contribution < -0.4 is 9.64 Å². The maximum absolute atomic E-state index is 12.9. The highest BCUT2D eigenvalue weighted by atomic mass is 16.5. The SMILES string of the molecule is CCOc1ccccc1C(=O)N1CCN(c2cc(C)nc(C)c2C#N)CC1. The zero-order valence-electron chi connectivity index (χ0n) is 16.0. The first-order valence-corrected chi connectivity index (χ1v) is 9.19. The van der Waals surface area contributed by atoms with Gasteiger partial charge in [-0.25, -0.2) is 0 Å². The van der Waals surface area contributed by atoms with E-state index >= 15 is 0 Å². The quantitative estimate of drug-likeness (QED) is 0.834. The predicted molar refractivity (Wildman–Crippen MR) is 104 cm³/mol. The summed E-state index contributed by atoms with van der Waals surface area (Å²) in [6.07, 6.45) is 0. The van der Waals surface area contributed by atoms with Gasteiger partial charge in [0, 0.05) is 31.9 Å². The number of carbonyl (C=O) groups is 1. The van der Waals surface area contributed by atoms with Crippen molar-refractivity contribution in [1.29, 1.82) is 5.26 Å². The third kappa shape index (κ3) is 3.87. The van der Waals surface area contributed by atoms with Crippen molar-refractivity contribution in [3.8, 4) is 11.8 Å². The van der Waals surface area contributed by atoms with Crippen LogP contribution in [0.4, 0.5) is 5.69 Å². The summed E-state index contributed by atoms with van der Waals surface area (Å²) in [4.78, 5) is 21.3. The molecule has 1 amide bonds. The molecule has 0 aliphatic carbocycles. The highest BCUT2D eigenvalue weighted by Crippen LogP contribution is 2.26. The topological polar surface area (TPSA) is 69.5 Å². The monoisotopic (exact) mass is 364 g/mol. The minimum absolute atomic E-state index is 0.0127. The molecule has 0 radical (unpaired) electrons. The summed E-state index contributed by atoms with van der Waals surface area (Å²) < 4.78 is 5.60. The number of rotatable bonds is 4. The van der Waals surface area contributed by atoms with Gasteiger partial charge in [0.25, 0.3) is 5.91 Å². The molecular formula is C21H24N4O2. The average Bonchev–Trinajstić information content (AvgIpc) is 2.68. The standard InChI is InChI=1S/C21H24N4O2/c1-4-27-20-8-6-5-7-17(20)21(26)25-11-9-24(10-12-25)19-13-15(2)23-16(3)18(19)14-22/h5-8,13H,4,9-12H2,1-3H3. The number of aryl methyl sites for hydroxylation is 2. The van der Waals surface area contributed by atoms with Gasteiger partial charge in [0.15, 0.2) is 0 Å². The van der Waals surface area contributed by atoms with Crippen LogP contribution in [0.5, 0.6) is 5.75 Å². The summed E-state index contributed by atoms with van der Waals surface area (Å²) in [5.41, 5.74) is 3.76. The number of nitriles is 1. The zero-order valence-corrected chi connectivity index (χ0v) is 16.0. The van der Waals surface area contributed by atoms with Crippen molar-refractivity contribution in [3.63, 3.8) is 0 Å². The van der Waals surface area contributed by atoms with Gasteiger partial charge in [0.05, 0.1) is 29.1 Å². The molecule has 0 saturated carbocycles. The molecule has 1 aliphatic rings. The average molecular weight is 364 g/mol. The van der Waals surface area contributed by atoms with Crippen molar-refractivity contribution >= 4 is 11.6 Å². The molecule has 3 rings (SSSR count). The third-order valence-corrected chi connectivity index (χ3v) is 4.74. The Morgan fingerprint density at radius 2 is 1.93 bits per heavy atom. The minimum Gasteiger partial charge on any atom is -0.493 e. The highest BCUT2D eigenvalue weighted by molar-refractivity contribution is 5.97. The van der Waals surface area contributed by atoms with Crippen LogP contribution in [0.2, 0.25) is 0 Å². The maximum Gasteiger partial charge on any atom is 0.257 e. The van der Waals surface area contributed by atoms with Crippen LogP contribution in [0.25, 0.3) is 0 Å². The van der Waals surface area contributed by atoms with Crippen molar-refractivity contribution in [3.05, 3.63) is 52.8 Å². The summed E-state index contributed by atoms with van der Waals surface area (Å²) in [5.74, 6) is 0.612. The molecule has 0 unspecified atom stereocenters. The fourth-order valence-electron chi connectivity index (χ4n) is 3.44. The van der Waals surface area contributed by atoms with E-state index in [1.807, 2.05) is 56.0 Å². The van der Waals surface area contributed by atoms with E-state index in [4.69, 9.17) is 4.74 Å². The fraction of sp³-hybridized carbons (Fsp3) is 0.381.